The van der Waals surface area contributed by atoms with Crippen LogP contribution in [0.4, 0.5) is 5.69 Å². The Kier molecular flexibility index (Phi) is 4.62. The highest BCUT2D eigenvalue weighted by Crippen LogP contribution is 2.18. The smallest absolute Gasteiger partial charge is 0.312 e. The van der Waals surface area contributed by atoms with Crippen molar-refractivity contribution in [2.75, 3.05) is 0 Å². The molecule has 0 atom stereocenters. The van der Waals surface area contributed by atoms with Crippen molar-refractivity contribution < 1.29 is 19.3 Å². The average molecular weight is 365 g/mol. The number of hydrogen-bond donors (Lipinski definition) is 0. The van der Waals surface area contributed by atoms with Gasteiger partial charge in [0.1, 0.15) is 5.71 Å². The Labute approximate surface area is 133 Å². The summed E-state index contributed by atoms with van der Waals surface area (Å²) in [5, 5.41) is 14.2. The Balaban J connectivity index is 2.11. The van der Waals surface area contributed by atoms with Crippen LogP contribution < -0.4 is 0 Å². The van der Waals surface area contributed by atoms with E-state index in [0.29, 0.717) is 15.8 Å². The van der Waals surface area contributed by atoms with Gasteiger partial charge >= 0.3 is 5.97 Å². The van der Waals surface area contributed by atoms with E-state index in [1.807, 2.05) is 0 Å². The number of allylic oxidation sites excluding steroid dienone is 4. The topological polar surface area (TPSA) is 98.9 Å². The van der Waals surface area contributed by atoms with E-state index in [2.05, 4.69) is 21.1 Å². The zero-order chi connectivity index (χ0) is 16.3. The minimum atomic E-state index is -0.755. The lowest BCUT2D eigenvalue weighted by molar-refractivity contribution is -0.384. The molecule has 0 heterocycles. The first-order valence-electron chi connectivity index (χ1n) is 6.02. The maximum Gasteiger partial charge on any atom is 0.365 e. The maximum absolute atomic E-state index is 11.8. The number of ketones is 1. The monoisotopic (exact) mass is 364 g/mol. The SMILES string of the molecule is CC1=C/C(=N/OC(=O)c2ccc([N+](=O)[O-])cc2)C=C(Br)C1=O. The van der Waals surface area contributed by atoms with Crippen LogP contribution in [0.25, 0.3) is 0 Å². The highest BCUT2D eigenvalue weighted by molar-refractivity contribution is 9.12. The molecule has 0 aromatic heterocycles. The van der Waals surface area contributed by atoms with Crippen LogP contribution in [0.1, 0.15) is 17.3 Å². The number of halogens is 1. The fourth-order valence-electron chi connectivity index (χ4n) is 1.63. The fourth-order valence-corrected chi connectivity index (χ4v) is 2.18. The second-order valence-electron chi connectivity index (χ2n) is 4.35. The Morgan fingerprint density at radius 3 is 2.45 bits per heavy atom. The third-order valence-corrected chi connectivity index (χ3v) is 3.35. The molecule has 0 saturated carbocycles. The number of benzene rings is 1. The van der Waals surface area contributed by atoms with Crippen molar-refractivity contribution >= 4 is 39.1 Å². The van der Waals surface area contributed by atoms with Crippen LogP contribution in [0.2, 0.25) is 0 Å². The zero-order valence-electron chi connectivity index (χ0n) is 11.3. The summed E-state index contributed by atoms with van der Waals surface area (Å²) in [6, 6.07) is 4.95. The number of non-ortho nitro benzene ring substituents is 1. The van der Waals surface area contributed by atoms with Crippen LogP contribution >= 0.6 is 15.9 Å². The third kappa shape index (κ3) is 3.53. The van der Waals surface area contributed by atoms with Gasteiger partial charge in [-0.3, -0.25) is 14.9 Å². The molecule has 1 aliphatic carbocycles. The molecule has 2 rings (SSSR count). The van der Waals surface area contributed by atoms with Crippen LogP contribution in [0.5, 0.6) is 0 Å². The van der Waals surface area contributed by atoms with Crippen molar-refractivity contribution in [2.45, 2.75) is 6.92 Å². The van der Waals surface area contributed by atoms with Crippen LogP contribution in [-0.2, 0) is 9.63 Å². The van der Waals surface area contributed by atoms with Gasteiger partial charge in [-0.2, -0.15) is 0 Å². The van der Waals surface area contributed by atoms with Gasteiger partial charge in [0, 0.05) is 12.1 Å². The summed E-state index contributed by atoms with van der Waals surface area (Å²) >= 11 is 3.09. The van der Waals surface area contributed by atoms with E-state index < -0.39 is 10.9 Å². The minimum Gasteiger partial charge on any atom is -0.312 e. The van der Waals surface area contributed by atoms with Gasteiger partial charge in [0.05, 0.1) is 15.0 Å². The summed E-state index contributed by atoms with van der Waals surface area (Å²) in [6.07, 6.45) is 2.91. The summed E-state index contributed by atoms with van der Waals surface area (Å²) in [7, 11) is 0. The van der Waals surface area contributed by atoms with Crippen molar-refractivity contribution in [2.24, 2.45) is 5.16 Å². The van der Waals surface area contributed by atoms with Gasteiger partial charge in [0.2, 0.25) is 0 Å². The molecule has 0 radical (unpaired) electrons. The van der Waals surface area contributed by atoms with Crippen LogP contribution in [0.3, 0.4) is 0 Å². The largest absolute Gasteiger partial charge is 0.365 e. The molecule has 0 bridgehead atoms. The van der Waals surface area contributed by atoms with Gasteiger partial charge in [0.15, 0.2) is 5.78 Å². The second kappa shape index (κ2) is 6.44. The van der Waals surface area contributed by atoms with E-state index in [0.717, 1.165) is 0 Å². The first kappa shape index (κ1) is 15.8. The minimum absolute atomic E-state index is 0.126. The number of carbonyl (C=O) groups excluding carboxylic acids is 2. The van der Waals surface area contributed by atoms with Gasteiger partial charge in [-0.15, -0.1) is 0 Å². The molecule has 0 fully saturated rings. The van der Waals surface area contributed by atoms with Gasteiger partial charge in [-0.1, -0.05) is 5.16 Å². The Morgan fingerprint density at radius 2 is 1.91 bits per heavy atom. The molecule has 1 aromatic rings. The van der Waals surface area contributed by atoms with Crippen LogP contribution in [0, 0.1) is 10.1 Å². The molecule has 1 aliphatic rings. The lowest BCUT2D eigenvalue weighted by Crippen LogP contribution is -2.10. The molecule has 112 valence electrons. The number of hydrogen-bond acceptors (Lipinski definition) is 6. The number of oxime groups is 1. The predicted octanol–water partition coefficient (Wildman–Crippen LogP) is 2.92. The standard InChI is InChI=1S/C14H9BrN2O5/c1-8-6-10(7-12(15)13(8)18)16-22-14(19)9-2-4-11(5-3-9)17(20)21/h2-7H,1H3/b16-10-. The quantitative estimate of drug-likeness (QED) is 0.355. The van der Waals surface area contributed by atoms with Crippen molar-refractivity contribution in [3.05, 3.63) is 62.2 Å². The maximum atomic E-state index is 11.8. The Morgan fingerprint density at radius 1 is 1.27 bits per heavy atom. The molecular weight excluding hydrogens is 356 g/mol. The van der Waals surface area contributed by atoms with E-state index >= 15 is 0 Å². The van der Waals surface area contributed by atoms with Crippen LogP contribution in [0.15, 0.2) is 51.6 Å². The van der Waals surface area contributed by atoms with Gasteiger partial charge in [-0.05, 0) is 52.7 Å². The molecule has 0 spiro atoms. The summed E-state index contributed by atoms with van der Waals surface area (Å²) in [5.41, 5.74) is 0.767. The Bertz CT molecular complexity index is 723. The van der Waals surface area contributed by atoms with Gasteiger partial charge in [-0.25, -0.2) is 4.79 Å². The average Bonchev–Trinajstić information content (AvgIpc) is 2.50. The van der Waals surface area contributed by atoms with Crippen molar-refractivity contribution in [3.63, 3.8) is 0 Å². The number of nitro benzene ring substituents is 1. The van der Waals surface area contributed by atoms with E-state index in [1.165, 1.54) is 36.4 Å². The van der Waals surface area contributed by atoms with Crippen molar-refractivity contribution in [3.8, 4) is 0 Å². The van der Waals surface area contributed by atoms with E-state index in [1.54, 1.807) is 6.92 Å². The summed E-state index contributed by atoms with van der Waals surface area (Å²) in [6.45, 7) is 1.62. The molecule has 0 saturated heterocycles. The fraction of sp³-hybridized carbons (Fsp3) is 0.0714. The van der Waals surface area contributed by atoms with Crippen molar-refractivity contribution in [1.29, 1.82) is 0 Å². The number of Topliss-reactive ketones (excluding diaryl/α,β-unsaturated/α-hetero) is 1. The molecular formula is C14H9BrN2O5. The molecule has 8 heteroatoms. The van der Waals surface area contributed by atoms with Gasteiger partial charge < -0.3 is 4.84 Å². The molecule has 0 amide bonds. The summed E-state index contributed by atoms with van der Waals surface area (Å²) in [4.78, 5) is 38.0. The van der Waals surface area contributed by atoms with Crippen molar-refractivity contribution in [1.82, 2.24) is 0 Å². The third-order valence-electron chi connectivity index (χ3n) is 2.76. The number of rotatable bonds is 3. The number of carbonyl (C=O) groups is 2. The molecule has 0 unspecified atom stereocenters. The zero-order valence-corrected chi connectivity index (χ0v) is 12.9. The molecule has 1 aromatic carbocycles. The summed E-state index contributed by atoms with van der Waals surface area (Å²) in [5.74, 6) is -0.921. The lowest BCUT2D eigenvalue weighted by atomic mass is 10.1. The lowest BCUT2D eigenvalue weighted by Gasteiger charge is -2.06. The molecule has 0 aliphatic heterocycles. The highest BCUT2D eigenvalue weighted by Gasteiger charge is 2.16. The van der Waals surface area contributed by atoms with Crippen LogP contribution in [-0.4, -0.2) is 22.4 Å². The Hall–Kier alpha value is -2.61. The normalized spacial score (nSPS) is 16.1. The first-order valence-corrected chi connectivity index (χ1v) is 6.82. The molecule has 0 N–H and O–H groups in total. The number of nitro groups is 1. The number of nitrogens with zero attached hydrogens (tertiary/aromatic N) is 2. The summed E-state index contributed by atoms with van der Waals surface area (Å²) < 4.78 is 0.317. The van der Waals surface area contributed by atoms with E-state index in [-0.39, 0.29) is 17.0 Å². The highest BCUT2D eigenvalue weighted by atomic mass is 79.9. The van der Waals surface area contributed by atoms with E-state index in [4.69, 9.17) is 4.84 Å². The predicted molar refractivity (Wildman–Crippen MR) is 81.7 cm³/mol. The first-order chi connectivity index (χ1) is 10.4. The second-order valence-corrected chi connectivity index (χ2v) is 5.20. The molecule has 22 heavy (non-hydrogen) atoms. The van der Waals surface area contributed by atoms with Gasteiger partial charge in [0.25, 0.3) is 5.69 Å². The molecule has 7 nitrogen and oxygen atoms in total. The van der Waals surface area contributed by atoms with E-state index in [9.17, 15) is 19.7 Å².